The van der Waals surface area contributed by atoms with Crippen LogP contribution in [0.25, 0.3) is 10.2 Å². The van der Waals surface area contributed by atoms with E-state index in [9.17, 15) is 4.39 Å². The minimum atomic E-state index is -0.225. The number of rotatable bonds is 4. The van der Waals surface area contributed by atoms with Gasteiger partial charge in [-0.25, -0.2) is 14.4 Å². The second kappa shape index (κ2) is 7.26. The zero-order chi connectivity index (χ0) is 17.2. The molecule has 3 nitrogen and oxygen atoms in total. The quantitative estimate of drug-likeness (QED) is 0.594. The summed E-state index contributed by atoms with van der Waals surface area (Å²) in [6.07, 6.45) is 6.11. The van der Waals surface area contributed by atoms with Gasteiger partial charge in [-0.05, 0) is 36.6 Å². The van der Waals surface area contributed by atoms with Crippen molar-refractivity contribution < 1.29 is 4.39 Å². The largest absolute Gasteiger partial charge is 0.365 e. The maximum Gasteiger partial charge on any atom is 0.138 e. The first kappa shape index (κ1) is 16.7. The van der Waals surface area contributed by atoms with Gasteiger partial charge >= 0.3 is 0 Å². The monoisotopic (exact) mass is 375 g/mol. The summed E-state index contributed by atoms with van der Waals surface area (Å²) in [5.74, 6) is 1.95. The summed E-state index contributed by atoms with van der Waals surface area (Å²) < 4.78 is 13.8. The molecule has 6 heteroatoms. The van der Waals surface area contributed by atoms with Crippen molar-refractivity contribution in [3.8, 4) is 0 Å². The second-order valence-electron chi connectivity index (χ2n) is 6.51. The van der Waals surface area contributed by atoms with Crippen molar-refractivity contribution in [2.45, 2.75) is 44.6 Å². The van der Waals surface area contributed by atoms with E-state index >= 15 is 0 Å². The molecular formula is C19H19ClFN3S. The first-order valence-corrected chi connectivity index (χ1v) is 9.84. The zero-order valence-corrected chi connectivity index (χ0v) is 15.3. The average Bonchev–Trinajstić information content (AvgIpc) is 3.02. The number of thiophene rings is 1. The highest BCUT2D eigenvalue weighted by atomic mass is 35.5. The van der Waals surface area contributed by atoms with Gasteiger partial charge in [-0.15, -0.1) is 11.3 Å². The Morgan fingerprint density at radius 3 is 2.64 bits per heavy atom. The molecule has 4 rings (SSSR count). The van der Waals surface area contributed by atoms with Gasteiger partial charge < -0.3 is 5.32 Å². The van der Waals surface area contributed by atoms with Gasteiger partial charge in [0.2, 0.25) is 0 Å². The van der Waals surface area contributed by atoms with Crippen LogP contribution in [0.5, 0.6) is 0 Å². The highest BCUT2D eigenvalue weighted by Gasteiger charge is 2.21. The van der Waals surface area contributed by atoms with Gasteiger partial charge in [0.05, 0.1) is 9.72 Å². The second-order valence-corrected chi connectivity index (χ2v) is 8.18. The molecule has 0 spiro atoms. The highest BCUT2D eigenvalue weighted by molar-refractivity contribution is 7.22. The number of nitrogens with zero attached hydrogens (tertiary/aromatic N) is 2. The molecule has 130 valence electrons. The van der Waals surface area contributed by atoms with E-state index in [1.807, 2.05) is 6.07 Å². The SMILES string of the molecule is Fc1ccc(CNc2nc(C3CCCCC3)nc3sc(Cl)cc23)cc1. The van der Waals surface area contributed by atoms with Gasteiger partial charge in [0, 0.05) is 12.5 Å². The molecular weight excluding hydrogens is 357 g/mol. The van der Waals surface area contributed by atoms with Gasteiger partial charge in [0.25, 0.3) is 0 Å². The molecule has 0 aliphatic heterocycles. The lowest BCUT2D eigenvalue weighted by molar-refractivity contribution is 0.430. The number of halogens is 2. The third kappa shape index (κ3) is 3.77. The molecule has 1 aliphatic carbocycles. The van der Waals surface area contributed by atoms with Crippen LogP contribution in [0.4, 0.5) is 10.2 Å². The Hall–Kier alpha value is -1.72. The van der Waals surface area contributed by atoms with Crippen LogP contribution in [0.3, 0.4) is 0 Å². The van der Waals surface area contributed by atoms with Crippen molar-refractivity contribution in [1.82, 2.24) is 9.97 Å². The lowest BCUT2D eigenvalue weighted by atomic mass is 9.89. The third-order valence-corrected chi connectivity index (χ3v) is 5.88. The van der Waals surface area contributed by atoms with E-state index in [1.54, 1.807) is 12.1 Å². The molecule has 1 aromatic carbocycles. The van der Waals surface area contributed by atoms with E-state index in [0.29, 0.717) is 12.5 Å². The normalized spacial score (nSPS) is 15.6. The van der Waals surface area contributed by atoms with E-state index in [1.165, 1.54) is 42.7 Å². The Morgan fingerprint density at radius 2 is 1.88 bits per heavy atom. The van der Waals surface area contributed by atoms with Crippen molar-refractivity contribution in [3.05, 3.63) is 51.9 Å². The lowest BCUT2D eigenvalue weighted by Gasteiger charge is -2.21. The molecule has 25 heavy (non-hydrogen) atoms. The maximum atomic E-state index is 13.1. The third-order valence-electron chi connectivity index (χ3n) is 4.72. The summed E-state index contributed by atoms with van der Waals surface area (Å²) in [4.78, 5) is 10.5. The summed E-state index contributed by atoms with van der Waals surface area (Å²) in [6, 6.07) is 8.43. The van der Waals surface area contributed by atoms with Gasteiger partial charge in [-0.1, -0.05) is 43.0 Å². The fourth-order valence-electron chi connectivity index (χ4n) is 3.37. The number of benzene rings is 1. The Morgan fingerprint density at radius 1 is 1.12 bits per heavy atom. The topological polar surface area (TPSA) is 37.8 Å². The number of hydrogen-bond acceptors (Lipinski definition) is 4. The molecule has 2 heterocycles. The molecule has 1 aliphatic rings. The smallest absolute Gasteiger partial charge is 0.138 e. The zero-order valence-electron chi connectivity index (χ0n) is 13.8. The van der Waals surface area contributed by atoms with Crippen molar-refractivity contribution in [3.63, 3.8) is 0 Å². The van der Waals surface area contributed by atoms with Crippen molar-refractivity contribution in [1.29, 1.82) is 0 Å². The number of aromatic nitrogens is 2. The summed E-state index contributed by atoms with van der Waals surface area (Å²) in [7, 11) is 0. The fraction of sp³-hybridized carbons (Fsp3) is 0.368. The van der Waals surface area contributed by atoms with Crippen LogP contribution in [-0.2, 0) is 6.54 Å². The van der Waals surface area contributed by atoms with Gasteiger partial charge in [0.1, 0.15) is 22.3 Å². The van der Waals surface area contributed by atoms with E-state index < -0.39 is 0 Å². The molecule has 0 radical (unpaired) electrons. The summed E-state index contributed by atoms with van der Waals surface area (Å²) in [5.41, 5.74) is 1.01. The molecule has 0 atom stereocenters. The fourth-order valence-corrected chi connectivity index (χ4v) is 4.47. The molecule has 1 fully saturated rings. The minimum Gasteiger partial charge on any atom is -0.365 e. The van der Waals surface area contributed by atoms with Crippen LogP contribution in [0.2, 0.25) is 4.34 Å². The van der Waals surface area contributed by atoms with Gasteiger partial charge in [0.15, 0.2) is 0 Å². The summed E-state index contributed by atoms with van der Waals surface area (Å²) in [6.45, 7) is 0.587. The van der Waals surface area contributed by atoms with E-state index in [2.05, 4.69) is 5.32 Å². The predicted molar refractivity (Wildman–Crippen MR) is 102 cm³/mol. The van der Waals surface area contributed by atoms with Crippen LogP contribution in [0.1, 0.15) is 49.4 Å². The number of hydrogen-bond donors (Lipinski definition) is 1. The standard InChI is InChI=1S/C19H19ClFN3S/c20-16-10-15-18(22-11-12-6-8-14(21)9-7-12)23-17(24-19(15)25-16)13-4-2-1-3-5-13/h6-10,13H,1-5,11H2,(H,22,23,24). The van der Waals surface area contributed by atoms with E-state index in [-0.39, 0.29) is 5.82 Å². The first-order valence-electron chi connectivity index (χ1n) is 8.64. The molecule has 3 aromatic rings. The predicted octanol–water partition coefficient (Wildman–Crippen LogP) is 6.14. The Kier molecular flexibility index (Phi) is 4.86. The summed E-state index contributed by atoms with van der Waals surface area (Å²) in [5, 5.41) is 4.35. The first-order chi connectivity index (χ1) is 12.2. The molecule has 0 unspecified atom stereocenters. The van der Waals surface area contributed by atoms with Gasteiger partial charge in [-0.2, -0.15) is 0 Å². The van der Waals surface area contributed by atoms with E-state index in [4.69, 9.17) is 21.6 Å². The molecule has 1 N–H and O–H groups in total. The van der Waals surface area contributed by atoms with Crippen LogP contribution >= 0.6 is 22.9 Å². The van der Waals surface area contributed by atoms with Crippen LogP contribution in [0, 0.1) is 5.82 Å². The van der Waals surface area contributed by atoms with Gasteiger partial charge in [-0.3, -0.25) is 0 Å². The van der Waals surface area contributed by atoms with Crippen LogP contribution in [0.15, 0.2) is 30.3 Å². The number of fused-ring (bicyclic) bond motifs is 1. The van der Waals surface area contributed by atoms with E-state index in [0.717, 1.165) is 44.6 Å². The van der Waals surface area contributed by atoms with Crippen molar-refractivity contribution >= 4 is 39.0 Å². The Balaban J connectivity index is 1.64. The molecule has 0 amide bonds. The molecule has 0 bridgehead atoms. The summed E-state index contributed by atoms with van der Waals surface area (Å²) >= 11 is 7.70. The van der Waals surface area contributed by atoms with Crippen LogP contribution < -0.4 is 5.32 Å². The molecule has 1 saturated carbocycles. The Bertz CT molecular complexity index is 872. The lowest BCUT2D eigenvalue weighted by Crippen LogP contribution is -2.11. The van der Waals surface area contributed by atoms with Crippen LogP contribution in [-0.4, -0.2) is 9.97 Å². The highest BCUT2D eigenvalue weighted by Crippen LogP contribution is 2.36. The minimum absolute atomic E-state index is 0.225. The molecule has 2 aromatic heterocycles. The average molecular weight is 376 g/mol. The number of nitrogens with one attached hydrogen (secondary N) is 1. The number of anilines is 1. The molecule has 0 saturated heterocycles. The van der Waals surface area contributed by atoms with Crippen molar-refractivity contribution in [2.24, 2.45) is 0 Å². The maximum absolute atomic E-state index is 13.1. The van der Waals surface area contributed by atoms with Crippen molar-refractivity contribution in [2.75, 3.05) is 5.32 Å². The Labute approximate surface area is 155 Å².